The second-order valence-corrected chi connectivity index (χ2v) is 8.18. The SMILES string of the molecule is C=C1CC2(CC)C(O)CCC2C2CCC3=CC(=O)CCC3C12. The lowest BCUT2D eigenvalue weighted by Gasteiger charge is -2.55. The molecule has 0 aromatic heterocycles. The molecule has 2 heteroatoms. The summed E-state index contributed by atoms with van der Waals surface area (Å²) in [6.45, 7) is 6.73. The van der Waals surface area contributed by atoms with Crippen LogP contribution in [0.4, 0.5) is 0 Å². The summed E-state index contributed by atoms with van der Waals surface area (Å²) in [5.41, 5.74) is 2.87. The smallest absolute Gasteiger partial charge is 0.155 e. The average Bonchev–Trinajstić information content (AvgIpc) is 2.84. The first-order valence-electron chi connectivity index (χ1n) is 9.16. The molecule has 0 aliphatic heterocycles. The lowest BCUT2D eigenvalue weighted by atomic mass is 9.50. The highest BCUT2D eigenvalue weighted by molar-refractivity contribution is 5.91. The molecule has 4 aliphatic rings. The Hall–Kier alpha value is -0.890. The minimum Gasteiger partial charge on any atom is -0.393 e. The van der Waals surface area contributed by atoms with Crippen LogP contribution < -0.4 is 0 Å². The van der Waals surface area contributed by atoms with E-state index in [0.717, 1.165) is 38.5 Å². The molecule has 0 aromatic carbocycles. The first-order valence-corrected chi connectivity index (χ1v) is 9.16. The Bertz CT molecular complexity index is 546. The molecular weight excluding hydrogens is 272 g/mol. The van der Waals surface area contributed by atoms with Crippen molar-refractivity contribution >= 4 is 5.78 Å². The Morgan fingerprint density at radius 3 is 2.86 bits per heavy atom. The van der Waals surface area contributed by atoms with Gasteiger partial charge in [0.25, 0.3) is 0 Å². The van der Waals surface area contributed by atoms with E-state index in [1.54, 1.807) is 0 Å². The Morgan fingerprint density at radius 2 is 2.09 bits per heavy atom. The normalized spacial score (nSPS) is 47.5. The van der Waals surface area contributed by atoms with Crippen molar-refractivity contribution in [1.29, 1.82) is 0 Å². The molecule has 0 aromatic rings. The van der Waals surface area contributed by atoms with Crippen LogP contribution in [-0.2, 0) is 4.79 Å². The molecular formula is C20H28O2. The Kier molecular flexibility index (Phi) is 3.38. The van der Waals surface area contributed by atoms with Gasteiger partial charge in [-0.1, -0.05) is 24.6 Å². The molecule has 3 saturated carbocycles. The van der Waals surface area contributed by atoms with E-state index in [0.29, 0.717) is 29.5 Å². The summed E-state index contributed by atoms with van der Waals surface area (Å²) in [6, 6.07) is 0. The van der Waals surface area contributed by atoms with Crippen molar-refractivity contribution in [2.45, 2.75) is 64.4 Å². The van der Waals surface area contributed by atoms with E-state index in [2.05, 4.69) is 13.5 Å². The van der Waals surface area contributed by atoms with Crippen LogP contribution in [0.3, 0.4) is 0 Å². The van der Waals surface area contributed by atoms with Crippen molar-refractivity contribution in [2.75, 3.05) is 0 Å². The predicted molar refractivity (Wildman–Crippen MR) is 87.2 cm³/mol. The van der Waals surface area contributed by atoms with Gasteiger partial charge < -0.3 is 5.11 Å². The maximum Gasteiger partial charge on any atom is 0.155 e. The predicted octanol–water partition coefficient (Wildman–Crippen LogP) is 4.05. The van der Waals surface area contributed by atoms with Gasteiger partial charge in [0.1, 0.15) is 0 Å². The molecule has 120 valence electrons. The van der Waals surface area contributed by atoms with Gasteiger partial charge in [0.2, 0.25) is 0 Å². The molecule has 4 rings (SSSR count). The fourth-order valence-corrected chi connectivity index (χ4v) is 6.60. The van der Waals surface area contributed by atoms with Gasteiger partial charge in [-0.15, -0.1) is 0 Å². The number of hydrogen-bond donors (Lipinski definition) is 1. The average molecular weight is 300 g/mol. The summed E-state index contributed by atoms with van der Waals surface area (Å²) >= 11 is 0. The highest BCUT2D eigenvalue weighted by Crippen LogP contribution is 2.64. The van der Waals surface area contributed by atoms with Gasteiger partial charge in [-0.3, -0.25) is 4.79 Å². The Morgan fingerprint density at radius 1 is 1.27 bits per heavy atom. The van der Waals surface area contributed by atoms with Gasteiger partial charge in [-0.25, -0.2) is 0 Å². The Balaban J connectivity index is 1.70. The monoisotopic (exact) mass is 300 g/mol. The van der Waals surface area contributed by atoms with Crippen LogP contribution >= 0.6 is 0 Å². The van der Waals surface area contributed by atoms with Crippen molar-refractivity contribution in [2.24, 2.45) is 29.1 Å². The van der Waals surface area contributed by atoms with Crippen molar-refractivity contribution in [3.05, 3.63) is 23.8 Å². The number of carbonyl (C=O) groups is 1. The topological polar surface area (TPSA) is 37.3 Å². The highest BCUT2D eigenvalue weighted by Gasteiger charge is 2.58. The van der Waals surface area contributed by atoms with E-state index in [9.17, 15) is 9.90 Å². The molecule has 0 heterocycles. The molecule has 4 aliphatic carbocycles. The van der Waals surface area contributed by atoms with Gasteiger partial charge in [0, 0.05) is 11.8 Å². The van der Waals surface area contributed by atoms with E-state index < -0.39 is 0 Å². The van der Waals surface area contributed by atoms with Crippen molar-refractivity contribution in [1.82, 2.24) is 0 Å². The van der Waals surface area contributed by atoms with Crippen molar-refractivity contribution < 1.29 is 9.90 Å². The van der Waals surface area contributed by atoms with Crippen LogP contribution in [0, 0.1) is 29.1 Å². The molecule has 0 radical (unpaired) electrons. The van der Waals surface area contributed by atoms with E-state index in [1.807, 2.05) is 6.08 Å². The van der Waals surface area contributed by atoms with Crippen LogP contribution in [0.25, 0.3) is 0 Å². The van der Waals surface area contributed by atoms with E-state index >= 15 is 0 Å². The maximum atomic E-state index is 11.8. The molecule has 0 spiro atoms. The number of allylic oxidation sites excluding steroid dienone is 2. The minimum absolute atomic E-state index is 0.101. The summed E-state index contributed by atoms with van der Waals surface area (Å²) in [5, 5.41) is 10.7. The number of aliphatic hydroxyl groups is 1. The quantitative estimate of drug-likeness (QED) is 0.742. The van der Waals surface area contributed by atoms with E-state index in [1.165, 1.54) is 24.0 Å². The van der Waals surface area contributed by atoms with Gasteiger partial charge in [-0.2, -0.15) is 0 Å². The molecule has 1 N–H and O–H groups in total. The van der Waals surface area contributed by atoms with Crippen molar-refractivity contribution in [3.8, 4) is 0 Å². The third kappa shape index (κ3) is 1.86. The zero-order chi connectivity index (χ0) is 15.5. The molecule has 0 bridgehead atoms. The fraction of sp³-hybridized carbons (Fsp3) is 0.750. The maximum absolute atomic E-state index is 11.8. The Labute approximate surface area is 133 Å². The second kappa shape index (κ2) is 5.06. The summed E-state index contributed by atoms with van der Waals surface area (Å²) in [7, 11) is 0. The largest absolute Gasteiger partial charge is 0.393 e. The molecule has 2 nitrogen and oxygen atoms in total. The number of ketones is 1. The number of carbonyl (C=O) groups excluding carboxylic acids is 1. The molecule has 0 saturated heterocycles. The summed E-state index contributed by atoms with van der Waals surface area (Å²) in [5.74, 6) is 2.82. The third-order valence-corrected chi connectivity index (χ3v) is 7.54. The molecule has 0 amide bonds. The van der Waals surface area contributed by atoms with Gasteiger partial charge >= 0.3 is 0 Å². The highest BCUT2D eigenvalue weighted by atomic mass is 16.3. The summed E-state index contributed by atoms with van der Waals surface area (Å²) < 4.78 is 0. The second-order valence-electron chi connectivity index (χ2n) is 8.18. The number of aliphatic hydroxyl groups excluding tert-OH is 1. The van der Waals surface area contributed by atoms with Gasteiger partial charge in [0.05, 0.1) is 6.10 Å². The van der Waals surface area contributed by atoms with Crippen LogP contribution in [0.1, 0.15) is 58.3 Å². The first kappa shape index (κ1) is 14.7. The summed E-state index contributed by atoms with van der Waals surface area (Å²) in [4.78, 5) is 11.8. The van der Waals surface area contributed by atoms with Crippen LogP contribution in [0.2, 0.25) is 0 Å². The van der Waals surface area contributed by atoms with E-state index in [-0.39, 0.29) is 11.5 Å². The zero-order valence-corrected chi connectivity index (χ0v) is 13.7. The fourth-order valence-electron chi connectivity index (χ4n) is 6.60. The molecule has 3 fully saturated rings. The molecule has 22 heavy (non-hydrogen) atoms. The lowest BCUT2D eigenvalue weighted by molar-refractivity contribution is -0.115. The van der Waals surface area contributed by atoms with Gasteiger partial charge in [0.15, 0.2) is 5.78 Å². The van der Waals surface area contributed by atoms with Crippen LogP contribution in [0.5, 0.6) is 0 Å². The third-order valence-electron chi connectivity index (χ3n) is 7.54. The van der Waals surface area contributed by atoms with Crippen LogP contribution in [-0.4, -0.2) is 17.0 Å². The molecule has 6 unspecified atom stereocenters. The first-order chi connectivity index (χ1) is 10.6. The van der Waals surface area contributed by atoms with Crippen molar-refractivity contribution in [3.63, 3.8) is 0 Å². The lowest BCUT2D eigenvalue weighted by Crippen LogP contribution is -2.49. The zero-order valence-electron chi connectivity index (χ0n) is 13.7. The number of rotatable bonds is 1. The summed E-state index contributed by atoms with van der Waals surface area (Å²) in [6.07, 6.45) is 10.1. The van der Waals surface area contributed by atoms with E-state index in [4.69, 9.17) is 0 Å². The minimum atomic E-state index is -0.134. The number of fused-ring (bicyclic) bond motifs is 5. The van der Waals surface area contributed by atoms with Gasteiger partial charge in [-0.05, 0) is 74.7 Å². The van der Waals surface area contributed by atoms with Crippen LogP contribution in [0.15, 0.2) is 23.8 Å². The standard InChI is InChI=1S/C20H28O2/c1-3-20-11-12(2)19-15-7-5-14(21)10-13(15)4-6-16(19)17(20)8-9-18(20)22/h10,15-19,22H,2-9,11H2,1H3. The number of hydrogen-bond acceptors (Lipinski definition) is 2. The molecule has 6 atom stereocenters.